The summed E-state index contributed by atoms with van der Waals surface area (Å²) in [5.41, 5.74) is 6.02. The molecule has 1 aliphatic carbocycles. The van der Waals surface area contributed by atoms with Crippen molar-refractivity contribution in [2.24, 2.45) is 5.73 Å². The standard InChI is InChI=1S/C8H18N2/c1-10(2)8(6-7-9)4-3-5-8/h3-7,9H2,1-2H3. The van der Waals surface area contributed by atoms with Gasteiger partial charge in [0, 0.05) is 5.54 Å². The van der Waals surface area contributed by atoms with Gasteiger partial charge in [-0.05, 0) is 46.3 Å². The molecular formula is C8H18N2. The summed E-state index contributed by atoms with van der Waals surface area (Å²) in [6, 6.07) is 0. The third-order valence-electron chi connectivity index (χ3n) is 2.84. The number of rotatable bonds is 3. The second-order valence-corrected chi connectivity index (χ2v) is 3.51. The summed E-state index contributed by atoms with van der Waals surface area (Å²) in [6.07, 6.45) is 5.24. The maximum absolute atomic E-state index is 5.54. The lowest BCUT2D eigenvalue weighted by Gasteiger charge is -2.47. The van der Waals surface area contributed by atoms with Crippen molar-refractivity contribution in [2.75, 3.05) is 20.6 Å². The molecule has 60 valence electrons. The van der Waals surface area contributed by atoms with Crippen molar-refractivity contribution in [2.45, 2.75) is 31.2 Å². The van der Waals surface area contributed by atoms with Crippen molar-refractivity contribution in [1.82, 2.24) is 4.90 Å². The Hall–Kier alpha value is -0.0800. The highest BCUT2D eigenvalue weighted by Gasteiger charge is 2.37. The van der Waals surface area contributed by atoms with Crippen LogP contribution in [0.1, 0.15) is 25.7 Å². The van der Waals surface area contributed by atoms with Crippen molar-refractivity contribution >= 4 is 0 Å². The molecule has 0 heterocycles. The Morgan fingerprint density at radius 1 is 1.40 bits per heavy atom. The average molecular weight is 142 g/mol. The van der Waals surface area contributed by atoms with Crippen LogP contribution in [-0.2, 0) is 0 Å². The van der Waals surface area contributed by atoms with Crippen LogP contribution >= 0.6 is 0 Å². The first-order chi connectivity index (χ1) is 4.71. The average Bonchev–Trinajstić information content (AvgIpc) is 1.77. The molecule has 0 aromatic rings. The quantitative estimate of drug-likeness (QED) is 0.632. The Morgan fingerprint density at radius 3 is 2.10 bits per heavy atom. The zero-order chi connectivity index (χ0) is 7.61. The lowest BCUT2D eigenvalue weighted by Crippen LogP contribution is -2.51. The van der Waals surface area contributed by atoms with Crippen LogP contribution in [0.15, 0.2) is 0 Å². The molecule has 0 radical (unpaired) electrons. The van der Waals surface area contributed by atoms with E-state index in [4.69, 9.17) is 5.73 Å². The van der Waals surface area contributed by atoms with Crippen LogP contribution in [0.25, 0.3) is 0 Å². The van der Waals surface area contributed by atoms with E-state index < -0.39 is 0 Å². The molecule has 0 aromatic heterocycles. The van der Waals surface area contributed by atoms with Gasteiger partial charge in [0.1, 0.15) is 0 Å². The first kappa shape index (κ1) is 8.02. The van der Waals surface area contributed by atoms with Crippen LogP contribution in [0.3, 0.4) is 0 Å². The minimum absolute atomic E-state index is 0.481. The van der Waals surface area contributed by atoms with Gasteiger partial charge in [0.15, 0.2) is 0 Å². The van der Waals surface area contributed by atoms with Crippen molar-refractivity contribution in [3.05, 3.63) is 0 Å². The van der Waals surface area contributed by atoms with Crippen LogP contribution in [0.4, 0.5) is 0 Å². The smallest absolute Gasteiger partial charge is 0.0215 e. The topological polar surface area (TPSA) is 29.3 Å². The molecule has 2 nitrogen and oxygen atoms in total. The molecule has 0 atom stereocenters. The summed E-state index contributed by atoms with van der Waals surface area (Å²) in [5, 5.41) is 0. The van der Waals surface area contributed by atoms with Gasteiger partial charge in [-0.3, -0.25) is 0 Å². The lowest BCUT2D eigenvalue weighted by atomic mass is 9.73. The molecule has 0 spiro atoms. The molecule has 1 rings (SSSR count). The summed E-state index contributed by atoms with van der Waals surface area (Å²) in [6.45, 7) is 0.832. The third-order valence-corrected chi connectivity index (χ3v) is 2.84. The third kappa shape index (κ3) is 1.18. The molecule has 1 aliphatic rings. The van der Waals surface area contributed by atoms with Crippen LogP contribution in [0.5, 0.6) is 0 Å². The van der Waals surface area contributed by atoms with Gasteiger partial charge >= 0.3 is 0 Å². The van der Waals surface area contributed by atoms with Crippen molar-refractivity contribution in [1.29, 1.82) is 0 Å². The van der Waals surface area contributed by atoms with E-state index in [1.165, 1.54) is 25.7 Å². The van der Waals surface area contributed by atoms with E-state index in [-0.39, 0.29) is 0 Å². The molecular weight excluding hydrogens is 124 g/mol. The van der Waals surface area contributed by atoms with Gasteiger partial charge in [-0.15, -0.1) is 0 Å². The molecule has 0 bridgehead atoms. The maximum atomic E-state index is 5.54. The van der Waals surface area contributed by atoms with Crippen molar-refractivity contribution < 1.29 is 0 Å². The largest absolute Gasteiger partial charge is 0.330 e. The van der Waals surface area contributed by atoms with Gasteiger partial charge in [0.25, 0.3) is 0 Å². The molecule has 1 fully saturated rings. The SMILES string of the molecule is CN(C)C1(CCN)CCC1. The van der Waals surface area contributed by atoms with Crippen LogP contribution in [0, 0.1) is 0 Å². The molecule has 10 heavy (non-hydrogen) atoms. The first-order valence-electron chi connectivity index (χ1n) is 4.09. The molecule has 0 aliphatic heterocycles. The highest BCUT2D eigenvalue weighted by atomic mass is 15.2. The van der Waals surface area contributed by atoms with E-state index in [9.17, 15) is 0 Å². The lowest BCUT2D eigenvalue weighted by molar-refractivity contribution is 0.0539. The number of hydrogen-bond donors (Lipinski definition) is 1. The van der Waals surface area contributed by atoms with E-state index in [2.05, 4.69) is 19.0 Å². The minimum Gasteiger partial charge on any atom is -0.330 e. The fraction of sp³-hybridized carbons (Fsp3) is 1.00. The van der Waals surface area contributed by atoms with E-state index in [1.807, 2.05) is 0 Å². The number of nitrogens with two attached hydrogens (primary N) is 1. The molecule has 0 amide bonds. The van der Waals surface area contributed by atoms with Gasteiger partial charge < -0.3 is 10.6 Å². The van der Waals surface area contributed by atoms with Gasteiger partial charge in [-0.1, -0.05) is 0 Å². The summed E-state index contributed by atoms with van der Waals surface area (Å²) in [7, 11) is 4.32. The Bertz CT molecular complexity index is 106. The highest BCUT2D eigenvalue weighted by molar-refractivity contribution is 4.95. The number of nitrogens with zero attached hydrogens (tertiary/aromatic N) is 1. The summed E-state index contributed by atoms with van der Waals surface area (Å²) in [4.78, 5) is 2.34. The van der Waals surface area contributed by atoms with Gasteiger partial charge in [0.05, 0.1) is 0 Å². The van der Waals surface area contributed by atoms with Crippen LogP contribution < -0.4 is 5.73 Å². The van der Waals surface area contributed by atoms with Crippen LogP contribution in [0.2, 0.25) is 0 Å². The van der Waals surface area contributed by atoms with E-state index in [1.54, 1.807) is 0 Å². The van der Waals surface area contributed by atoms with Crippen LogP contribution in [-0.4, -0.2) is 31.1 Å². The monoisotopic (exact) mass is 142 g/mol. The van der Waals surface area contributed by atoms with Gasteiger partial charge in [-0.25, -0.2) is 0 Å². The molecule has 1 saturated carbocycles. The Labute approximate surface area is 63.4 Å². The highest BCUT2D eigenvalue weighted by Crippen LogP contribution is 2.38. The van der Waals surface area contributed by atoms with E-state index in [0.717, 1.165) is 6.54 Å². The zero-order valence-corrected chi connectivity index (χ0v) is 7.06. The number of hydrogen-bond acceptors (Lipinski definition) is 2. The first-order valence-corrected chi connectivity index (χ1v) is 4.09. The summed E-state index contributed by atoms with van der Waals surface area (Å²) < 4.78 is 0. The zero-order valence-electron chi connectivity index (χ0n) is 7.06. The minimum atomic E-state index is 0.481. The van der Waals surface area contributed by atoms with Crippen molar-refractivity contribution in [3.8, 4) is 0 Å². The summed E-state index contributed by atoms with van der Waals surface area (Å²) in [5.74, 6) is 0. The Kier molecular flexibility index (Phi) is 2.32. The second-order valence-electron chi connectivity index (χ2n) is 3.51. The van der Waals surface area contributed by atoms with Crippen molar-refractivity contribution in [3.63, 3.8) is 0 Å². The molecule has 0 saturated heterocycles. The van der Waals surface area contributed by atoms with E-state index in [0.29, 0.717) is 5.54 Å². The Morgan fingerprint density at radius 2 is 2.00 bits per heavy atom. The Balaban J connectivity index is 2.42. The van der Waals surface area contributed by atoms with Gasteiger partial charge in [0.2, 0.25) is 0 Å². The predicted molar refractivity (Wildman–Crippen MR) is 43.9 cm³/mol. The second kappa shape index (κ2) is 2.89. The normalized spacial score (nSPS) is 22.8. The van der Waals surface area contributed by atoms with Gasteiger partial charge in [-0.2, -0.15) is 0 Å². The van der Waals surface area contributed by atoms with E-state index >= 15 is 0 Å². The summed E-state index contributed by atoms with van der Waals surface area (Å²) >= 11 is 0. The molecule has 2 N–H and O–H groups in total. The fourth-order valence-corrected chi connectivity index (χ4v) is 1.77. The molecule has 0 aromatic carbocycles. The predicted octanol–water partition coefficient (Wildman–Crippen LogP) is 0.819. The molecule has 2 heteroatoms. The maximum Gasteiger partial charge on any atom is 0.0215 e. The fourth-order valence-electron chi connectivity index (χ4n) is 1.77. The molecule has 0 unspecified atom stereocenters.